The first-order valence-corrected chi connectivity index (χ1v) is 6.54. The highest BCUT2D eigenvalue weighted by Crippen LogP contribution is 2.33. The summed E-state index contributed by atoms with van der Waals surface area (Å²) in [5.74, 6) is 0.400. The predicted octanol–water partition coefficient (Wildman–Crippen LogP) is 2.56. The van der Waals surface area contributed by atoms with E-state index in [1.165, 1.54) is 12.8 Å². The Kier molecular flexibility index (Phi) is 4.31. The van der Waals surface area contributed by atoms with Gasteiger partial charge in [0.1, 0.15) is 11.3 Å². The molecule has 0 bridgehead atoms. The lowest BCUT2D eigenvalue weighted by molar-refractivity contribution is -0.385. The molecule has 1 aliphatic carbocycles. The van der Waals surface area contributed by atoms with Crippen LogP contribution in [-0.2, 0) is 0 Å². The number of pyridine rings is 1. The molecule has 2 rings (SSSR count). The number of rotatable bonds is 6. The molecule has 1 fully saturated rings. The van der Waals surface area contributed by atoms with Gasteiger partial charge in [0, 0.05) is 12.6 Å². The van der Waals surface area contributed by atoms with Crippen LogP contribution in [0.3, 0.4) is 0 Å². The zero-order valence-electron chi connectivity index (χ0n) is 10.3. The Bertz CT molecular complexity index is 503. The van der Waals surface area contributed by atoms with Crippen molar-refractivity contribution in [3.63, 3.8) is 0 Å². The molecule has 0 radical (unpaired) electrons. The lowest BCUT2D eigenvalue weighted by Gasteiger charge is -2.05. The second-order valence-electron chi connectivity index (χ2n) is 4.63. The summed E-state index contributed by atoms with van der Waals surface area (Å²) in [7, 11) is 0. The summed E-state index contributed by atoms with van der Waals surface area (Å²) in [5, 5.41) is 13.3. The predicted molar refractivity (Wildman–Crippen MR) is 70.2 cm³/mol. The van der Waals surface area contributed by atoms with Gasteiger partial charge >= 0.3 is 0 Å². The summed E-state index contributed by atoms with van der Waals surface area (Å²) < 4.78 is 0. The number of hydrogen-bond donors (Lipinski definition) is 1. The third kappa shape index (κ3) is 3.89. The maximum Gasteiger partial charge on any atom is 0.288 e. The molecule has 1 N–H and O–H groups in total. The van der Waals surface area contributed by atoms with E-state index >= 15 is 0 Å². The molecule has 1 saturated carbocycles. The summed E-state index contributed by atoms with van der Waals surface area (Å²) in [6, 6.07) is 1.14. The van der Waals surface area contributed by atoms with Crippen LogP contribution in [0, 0.1) is 16.0 Å². The van der Waals surface area contributed by atoms with Gasteiger partial charge in [-0.1, -0.05) is 24.4 Å². The number of nitrogens with zero attached hydrogens (tertiary/aromatic N) is 2. The SMILES string of the molecule is O=C(NCCCC1CC1)c1cc([N+](=O)[O-])cnc1Cl. The lowest BCUT2D eigenvalue weighted by atomic mass is 10.2. The fraction of sp³-hybridized carbons (Fsp3) is 0.500. The monoisotopic (exact) mass is 283 g/mol. The second-order valence-corrected chi connectivity index (χ2v) is 4.99. The molecule has 0 unspecified atom stereocenters. The van der Waals surface area contributed by atoms with Crippen molar-refractivity contribution in [1.29, 1.82) is 0 Å². The Balaban J connectivity index is 1.92. The Labute approximate surface area is 115 Å². The number of carbonyl (C=O) groups is 1. The molecular weight excluding hydrogens is 270 g/mol. The normalized spacial score (nSPS) is 14.2. The molecule has 0 aliphatic heterocycles. The number of carbonyl (C=O) groups excluding carboxylic acids is 1. The number of hydrogen-bond acceptors (Lipinski definition) is 4. The number of amides is 1. The molecule has 1 aliphatic rings. The van der Waals surface area contributed by atoms with Crippen molar-refractivity contribution in [2.24, 2.45) is 5.92 Å². The number of aromatic nitrogens is 1. The van der Waals surface area contributed by atoms with Crippen LogP contribution in [0.15, 0.2) is 12.3 Å². The Morgan fingerprint density at radius 3 is 2.95 bits per heavy atom. The molecule has 102 valence electrons. The largest absolute Gasteiger partial charge is 0.352 e. The van der Waals surface area contributed by atoms with Crippen LogP contribution >= 0.6 is 11.6 Å². The average Bonchev–Trinajstić information content (AvgIpc) is 3.18. The molecular formula is C12H14ClN3O3. The second kappa shape index (κ2) is 5.97. The van der Waals surface area contributed by atoms with E-state index in [0.29, 0.717) is 6.54 Å². The van der Waals surface area contributed by atoms with Gasteiger partial charge in [-0.15, -0.1) is 0 Å². The van der Waals surface area contributed by atoms with Gasteiger partial charge in [0.25, 0.3) is 11.6 Å². The van der Waals surface area contributed by atoms with E-state index in [2.05, 4.69) is 10.3 Å². The van der Waals surface area contributed by atoms with Crippen LogP contribution in [0.1, 0.15) is 36.0 Å². The van der Waals surface area contributed by atoms with Crippen molar-refractivity contribution in [3.8, 4) is 0 Å². The van der Waals surface area contributed by atoms with Gasteiger partial charge in [0.2, 0.25) is 0 Å². The third-order valence-electron chi connectivity index (χ3n) is 3.05. The Morgan fingerprint density at radius 1 is 1.58 bits per heavy atom. The van der Waals surface area contributed by atoms with E-state index in [-0.39, 0.29) is 16.4 Å². The van der Waals surface area contributed by atoms with E-state index < -0.39 is 10.8 Å². The molecule has 1 aromatic rings. The third-order valence-corrected chi connectivity index (χ3v) is 3.35. The molecule has 0 saturated heterocycles. The van der Waals surface area contributed by atoms with Crippen LogP contribution in [0.5, 0.6) is 0 Å². The van der Waals surface area contributed by atoms with Crippen LogP contribution < -0.4 is 5.32 Å². The highest BCUT2D eigenvalue weighted by Gasteiger charge is 2.21. The van der Waals surface area contributed by atoms with Crippen molar-refractivity contribution < 1.29 is 9.72 Å². The summed E-state index contributed by atoms with van der Waals surface area (Å²) in [5.41, 5.74) is -0.199. The molecule has 1 heterocycles. The van der Waals surface area contributed by atoms with Gasteiger partial charge in [-0.05, 0) is 18.8 Å². The topological polar surface area (TPSA) is 85.1 Å². The molecule has 0 atom stereocenters. The van der Waals surface area contributed by atoms with Crippen molar-refractivity contribution >= 4 is 23.2 Å². The molecule has 19 heavy (non-hydrogen) atoms. The zero-order chi connectivity index (χ0) is 13.8. The van der Waals surface area contributed by atoms with Crippen molar-refractivity contribution in [1.82, 2.24) is 10.3 Å². The first kappa shape index (κ1) is 13.7. The first-order valence-electron chi connectivity index (χ1n) is 6.16. The minimum atomic E-state index is -0.604. The Morgan fingerprint density at radius 2 is 2.32 bits per heavy atom. The van der Waals surface area contributed by atoms with Gasteiger partial charge < -0.3 is 5.32 Å². The van der Waals surface area contributed by atoms with Gasteiger partial charge in [-0.3, -0.25) is 14.9 Å². The summed E-state index contributed by atoms with van der Waals surface area (Å²) in [6.07, 6.45) is 5.63. The van der Waals surface area contributed by atoms with Crippen LogP contribution in [0.2, 0.25) is 5.15 Å². The first-order chi connectivity index (χ1) is 9.08. The lowest BCUT2D eigenvalue weighted by Crippen LogP contribution is -2.25. The van der Waals surface area contributed by atoms with Crippen molar-refractivity contribution in [2.75, 3.05) is 6.54 Å². The van der Waals surface area contributed by atoms with Crippen LogP contribution in [0.4, 0.5) is 5.69 Å². The molecule has 7 heteroatoms. The zero-order valence-corrected chi connectivity index (χ0v) is 11.0. The smallest absolute Gasteiger partial charge is 0.288 e. The fourth-order valence-corrected chi connectivity index (χ4v) is 1.98. The van der Waals surface area contributed by atoms with Gasteiger partial charge in [0.15, 0.2) is 0 Å². The molecule has 6 nitrogen and oxygen atoms in total. The van der Waals surface area contributed by atoms with E-state index in [4.69, 9.17) is 11.6 Å². The maximum atomic E-state index is 11.8. The molecule has 0 spiro atoms. The van der Waals surface area contributed by atoms with Gasteiger partial charge in [-0.25, -0.2) is 4.98 Å². The number of halogens is 1. The van der Waals surface area contributed by atoms with Gasteiger partial charge in [-0.2, -0.15) is 0 Å². The van der Waals surface area contributed by atoms with E-state index in [1.54, 1.807) is 0 Å². The summed E-state index contributed by atoms with van der Waals surface area (Å²) in [6.45, 7) is 0.550. The standard InChI is InChI=1S/C12H14ClN3O3/c13-11-10(6-9(7-15-11)16(18)19)12(17)14-5-1-2-8-3-4-8/h6-8H,1-5H2,(H,14,17). The highest BCUT2D eigenvalue weighted by molar-refractivity contribution is 6.32. The van der Waals surface area contributed by atoms with Crippen molar-refractivity contribution in [3.05, 3.63) is 33.1 Å². The van der Waals surface area contributed by atoms with Crippen LogP contribution in [0.25, 0.3) is 0 Å². The van der Waals surface area contributed by atoms with Crippen molar-refractivity contribution in [2.45, 2.75) is 25.7 Å². The average molecular weight is 284 g/mol. The Hall–Kier alpha value is -1.69. The van der Waals surface area contributed by atoms with E-state index in [1.807, 2.05) is 0 Å². The highest BCUT2D eigenvalue weighted by atomic mass is 35.5. The fourth-order valence-electron chi connectivity index (χ4n) is 1.79. The molecule has 1 amide bonds. The number of nitrogens with one attached hydrogen (secondary N) is 1. The van der Waals surface area contributed by atoms with E-state index in [0.717, 1.165) is 31.0 Å². The number of nitro groups is 1. The minimum Gasteiger partial charge on any atom is -0.352 e. The summed E-state index contributed by atoms with van der Waals surface area (Å²) >= 11 is 5.77. The summed E-state index contributed by atoms with van der Waals surface area (Å²) in [4.78, 5) is 25.5. The maximum absolute atomic E-state index is 11.8. The van der Waals surface area contributed by atoms with E-state index in [9.17, 15) is 14.9 Å². The minimum absolute atomic E-state index is 0.0229. The van der Waals surface area contributed by atoms with Crippen LogP contribution in [-0.4, -0.2) is 22.4 Å². The molecule has 0 aromatic carbocycles. The quantitative estimate of drug-likeness (QED) is 0.376. The molecule has 1 aromatic heterocycles. The van der Waals surface area contributed by atoms with Gasteiger partial charge in [0.05, 0.1) is 10.5 Å².